The first kappa shape index (κ1) is 33.1. The second kappa shape index (κ2) is 15.4. The van der Waals surface area contributed by atoms with E-state index < -0.39 is 6.29 Å². The van der Waals surface area contributed by atoms with E-state index in [0.717, 1.165) is 54.1 Å². The largest absolute Gasteiger partial charge is 0.392 e. The summed E-state index contributed by atoms with van der Waals surface area (Å²) in [6, 6.07) is 31.5. The minimum absolute atomic E-state index is 0.0269. The predicted octanol–water partition coefficient (Wildman–Crippen LogP) is 6.02. The third kappa shape index (κ3) is 8.18. The summed E-state index contributed by atoms with van der Waals surface area (Å²) in [6.07, 6.45) is -1.07. The predicted molar refractivity (Wildman–Crippen MR) is 183 cm³/mol. The molecule has 11 nitrogen and oxygen atoms in total. The first-order valence-corrected chi connectivity index (χ1v) is 16.3. The van der Waals surface area contributed by atoms with E-state index in [1.54, 1.807) is 12.1 Å². The molecule has 48 heavy (non-hydrogen) atoms. The number of rotatable bonds is 10. The van der Waals surface area contributed by atoms with Crippen molar-refractivity contribution < 1.29 is 24.3 Å². The van der Waals surface area contributed by atoms with Crippen LogP contribution in [0.25, 0.3) is 0 Å². The summed E-state index contributed by atoms with van der Waals surface area (Å²) in [5.74, 6) is 0.0269. The van der Waals surface area contributed by atoms with Crippen LogP contribution < -0.4 is 15.5 Å². The van der Waals surface area contributed by atoms with Gasteiger partial charge in [0, 0.05) is 74.3 Å². The van der Waals surface area contributed by atoms with Crippen molar-refractivity contribution in [2.24, 2.45) is 5.92 Å². The van der Waals surface area contributed by atoms with Gasteiger partial charge in [0.05, 0.1) is 23.7 Å². The Hall–Kier alpha value is -4.81. The second-order valence-corrected chi connectivity index (χ2v) is 12.3. The zero-order chi connectivity index (χ0) is 33.5. The SMILES string of the molecule is CC1C(CN2CCN(c3ccc([N+](=O)[O-])cc3)CC2)OC(c2cccc(NC(=O)NCc3ccccc3)c2)OC1c1ccc(CO)cc1. The molecule has 2 saturated heterocycles. The van der Waals surface area contributed by atoms with Crippen molar-refractivity contribution in [2.45, 2.75) is 38.6 Å². The van der Waals surface area contributed by atoms with Crippen molar-refractivity contribution in [1.82, 2.24) is 10.2 Å². The summed E-state index contributed by atoms with van der Waals surface area (Å²) in [6.45, 7) is 6.48. The number of piperazine rings is 1. The average Bonchev–Trinajstić information content (AvgIpc) is 3.12. The summed E-state index contributed by atoms with van der Waals surface area (Å²) in [4.78, 5) is 28.0. The van der Waals surface area contributed by atoms with Crippen LogP contribution in [0, 0.1) is 16.0 Å². The molecule has 0 spiro atoms. The molecule has 2 heterocycles. The molecule has 4 aromatic carbocycles. The topological polar surface area (TPSA) is 129 Å². The van der Waals surface area contributed by atoms with E-state index in [4.69, 9.17) is 9.47 Å². The van der Waals surface area contributed by atoms with Crippen molar-refractivity contribution in [3.63, 3.8) is 0 Å². The number of carbonyl (C=O) groups is 1. The number of hydrogen-bond donors (Lipinski definition) is 3. The number of anilines is 2. The Balaban J connectivity index is 1.14. The van der Waals surface area contributed by atoms with Crippen molar-refractivity contribution in [3.05, 3.63) is 135 Å². The Labute approximate surface area is 280 Å². The standard InChI is InChI=1S/C37H41N5O6/c1-26-34(24-40-18-20-41(21-19-40)32-14-16-33(17-15-32)42(45)46)47-36(48-35(26)29-12-10-28(25-43)11-13-29)30-8-5-9-31(22-30)39-37(44)38-23-27-6-3-2-4-7-27/h2-17,22,26,34-36,43H,18-21,23-25H2,1H3,(H2,38,39,44). The highest BCUT2D eigenvalue weighted by Gasteiger charge is 2.39. The molecule has 0 radical (unpaired) electrons. The highest BCUT2D eigenvalue weighted by atomic mass is 16.7. The van der Waals surface area contributed by atoms with Gasteiger partial charge < -0.3 is 30.1 Å². The maximum atomic E-state index is 12.7. The molecule has 11 heteroatoms. The van der Waals surface area contributed by atoms with Gasteiger partial charge in [0.2, 0.25) is 0 Å². The van der Waals surface area contributed by atoms with Gasteiger partial charge in [-0.25, -0.2) is 4.79 Å². The molecule has 2 aliphatic rings. The molecule has 2 fully saturated rings. The molecule has 4 aromatic rings. The number of nitrogens with zero attached hydrogens (tertiary/aromatic N) is 3. The maximum Gasteiger partial charge on any atom is 0.319 e. The number of hydrogen-bond acceptors (Lipinski definition) is 8. The normalized spacial score (nSPS) is 21.4. The van der Waals surface area contributed by atoms with Gasteiger partial charge in [-0.1, -0.05) is 73.7 Å². The summed E-state index contributed by atoms with van der Waals surface area (Å²) < 4.78 is 13.3. The Kier molecular flexibility index (Phi) is 10.6. The molecule has 2 amide bonds. The van der Waals surface area contributed by atoms with Crippen LogP contribution >= 0.6 is 0 Å². The van der Waals surface area contributed by atoms with Gasteiger partial charge in [0.1, 0.15) is 0 Å². The van der Waals surface area contributed by atoms with E-state index in [0.29, 0.717) is 18.8 Å². The van der Waals surface area contributed by atoms with Gasteiger partial charge in [0.15, 0.2) is 6.29 Å². The van der Waals surface area contributed by atoms with E-state index in [1.165, 1.54) is 0 Å². The molecule has 0 aromatic heterocycles. The number of amides is 2. The highest BCUT2D eigenvalue weighted by molar-refractivity contribution is 5.89. The Bertz CT molecular complexity index is 1660. The summed E-state index contributed by atoms with van der Waals surface area (Å²) in [7, 11) is 0. The van der Waals surface area contributed by atoms with Crippen LogP contribution in [0.5, 0.6) is 0 Å². The fourth-order valence-corrected chi connectivity index (χ4v) is 6.27. The van der Waals surface area contributed by atoms with E-state index in [9.17, 15) is 20.0 Å². The van der Waals surface area contributed by atoms with Gasteiger partial charge in [-0.05, 0) is 41.0 Å². The molecule has 250 valence electrons. The number of aliphatic hydroxyl groups excluding tert-OH is 1. The van der Waals surface area contributed by atoms with Gasteiger partial charge in [-0.3, -0.25) is 15.0 Å². The minimum atomic E-state index is -0.663. The monoisotopic (exact) mass is 651 g/mol. The average molecular weight is 652 g/mol. The van der Waals surface area contributed by atoms with Gasteiger partial charge >= 0.3 is 6.03 Å². The molecule has 0 saturated carbocycles. The summed E-state index contributed by atoms with van der Waals surface area (Å²) in [5.41, 5.74) is 5.35. The Morgan fingerprint density at radius 2 is 1.60 bits per heavy atom. The van der Waals surface area contributed by atoms with Crippen LogP contribution in [0.2, 0.25) is 0 Å². The quantitative estimate of drug-likeness (QED) is 0.140. The lowest BCUT2D eigenvalue weighted by Gasteiger charge is -2.44. The molecule has 4 unspecified atom stereocenters. The maximum absolute atomic E-state index is 12.7. The second-order valence-electron chi connectivity index (χ2n) is 12.3. The van der Waals surface area contributed by atoms with Crippen LogP contribution in [0.4, 0.5) is 21.9 Å². The fraction of sp³-hybridized carbons (Fsp3) is 0.324. The molecular formula is C37H41N5O6. The van der Waals surface area contributed by atoms with Crippen molar-refractivity contribution in [2.75, 3.05) is 42.9 Å². The number of nitro groups is 1. The molecular weight excluding hydrogens is 610 g/mol. The van der Waals surface area contributed by atoms with Gasteiger partial charge in [-0.15, -0.1) is 0 Å². The highest BCUT2D eigenvalue weighted by Crippen LogP contribution is 2.42. The number of benzene rings is 4. The third-order valence-electron chi connectivity index (χ3n) is 9.07. The number of non-ortho nitro benzene ring substituents is 1. The first-order valence-electron chi connectivity index (χ1n) is 16.3. The van der Waals surface area contributed by atoms with Crippen LogP contribution in [-0.2, 0) is 22.6 Å². The molecule has 3 N–H and O–H groups in total. The van der Waals surface area contributed by atoms with Crippen LogP contribution in [-0.4, -0.2) is 59.8 Å². The van der Waals surface area contributed by atoms with E-state index in [2.05, 4.69) is 27.4 Å². The summed E-state index contributed by atoms with van der Waals surface area (Å²) in [5, 5.41) is 26.5. The van der Waals surface area contributed by atoms with Crippen molar-refractivity contribution >= 4 is 23.1 Å². The van der Waals surface area contributed by atoms with E-state index >= 15 is 0 Å². The van der Waals surface area contributed by atoms with E-state index in [1.807, 2.05) is 91.0 Å². The van der Waals surface area contributed by atoms with Crippen LogP contribution in [0.1, 0.15) is 41.6 Å². The number of urea groups is 1. The first-order chi connectivity index (χ1) is 23.4. The van der Waals surface area contributed by atoms with Crippen molar-refractivity contribution in [3.8, 4) is 0 Å². The van der Waals surface area contributed by atoms with Crippen LogP contribution in [0.3, 0.4) is 0 Å². The minimum Gasteiger partial charge on any atom is -0.392 e. The third-order valence-corrected chi connectivity index (χ3v) is 9.07. The molecule has 6 rings (SSSR count). The number of ether oxygens (including phenoxy) is 2. The van der Waals surface area contributed by atoms with Gasteiger partial charge in [0.25, 0.3) is 5.69 Å². The molecule has 2 aliphatic heterocycles. The number of nitrogens with one attached hydrogen (secondary N) is 2. The molecule has 0 aliphatic carbocycles. The number of aliphatic hydroxyl groups is 1. The van der Waals surface area contributed by atoms with Crippen LogP contribution in [0.15, 0.2) is 103 Å². The lowest BCUT2D eigenvalue weighted by molar-refractivity contribution is -0.384. The molecule has 4 atom stereocenters. The lowest BCUT2D eigenvalue weighted by atomic mass is 9.90. The van der Waals surface area contributed by atoms with Crippen molar-refractivity contribution in [1.29, 1.82) is 0 Å². The number of carbonyl (C=O) groups excluding carboxylic acids is 1. The Morgan fingerprint density at radius 3 is 2.29 bits per heavy atom. The zero-order valence-electron chi connectivity index (χ0n) is 26.9. The van der Waals surface area contributed by atoms with E-state index in [-0.39, 0.29) is 41.4 Å². The zero-order valence-corrected chi connectivity index (χ0v) is 26.9. The molecule has 0 bridgehead atoms. The lowest BCUT2D eigenvalue weighted by Crippen LogP contribution is -2.51. The van der Waals surface area contributed by atoms with Gasteiger partial charge in [-0.2, -0.15) is 0 Å². The Morgan fingerprint density at radius 1 is 0.875 bits per heavy atom. The number of nitro benzene ring substituents is 1. The summed E-state index contributed by atoms with van der Waals surface area (Å²) >= 11 is 0. The fourth-order valence-electron chi connectivity index (χ4n) is 6.27. The smallest absolute Gasteiger partial charge is 0.319 e.